The van der Waals surface area contributed by atoms with Crippen LogP contribution in [0.25, 0.3) is 0 Å². The van der Waals surface area contributed by atoms with Crippen LogP contribution in [0.15, 0.2) is 42.5 Å². The zero-order chi connectivity index (χ0) is 18.7. The Kier molecular flexibility index (Phi) is 5.18. The van der Waals surface area contributed by atoms with E-state index in [1.165, 1.54) is 7.11 Å². The second-order valence-corrected chi connectivity index (χ2v) is 6.95. The van der Waals surface area contributed by atoms with Gasteiger partial charge in [-0.15, -0.1) is 0 Å². The quantitative estimate of drug-likeness (QED) is 0.831. The van der Waals surface area contributed by atoms with Crippen LogP contribution in [-0.4, -0.2) is 31.3 Å². The third kappa shape index (κ3) is 3.27. The molecule has 0 saturated carbocycles. The number of anilines is 2. The summed E-state index contributed by atoms with van der Waals surface area (Å²) in [6.07, 6.45) is 0.637. The number of benzene rings is 2. The van der Waals surface area contributed by atoms with Gasteiger partial charge < -0.3 is 19.5 Å². The molecule has 0 aromatic heterocycles. The number of methoxy groups -OCH3 is 1. The number of rotatable bonds is 5. The molecule has 0 radical (unpaired) electrons. The molecule has 26 heavy (non-hydrogen) atoms. The minimum absolute atomic E-state index is 0.113. The number of aliphatic hydroxyl groups is 1. The average molecular weight is 355 g/mol. The van der Waals surface area contributed by atoms with Crippen molar-refractivity contribution in [2.75, 3.05) is 25.2 Å². The Morgan fingerprint density at radius 2 is 2.00 bits per heavy atom. The van der Waals surface area contributed by atoms with E-state index in [1.807, 2.05) is 50.2 Å². The summed E-state index contributed by atoms with van der Waals surface area (Å²) < 4.78 is 11.0. The van der Waals surface area contributed by atoms with Crippen LogP contribution in [0.2, 0.25) is 0 Å². The van der Waals surface area contributed by atoms with Crippen LogP contribution in [0.1, 0.15) is 31.4 Å². The van der Waals surface area contributed by atoms with E-state index >= 15 is 0 Å². The Labute approximate surface area is 154 Å². The van der Waals surface area contributed by atoms with Gasteiger partial charge in [0.1, 0.15) is 12.4 Å². The van der Waals surface area contributed by atoms with Crippen molar-refractivity contribution in [3.63, 3.8) is 0 Å². The van der Waals surface area contributed by atoms with E-state index in [2.05, 4.69) is 11.0 Å². The smallest absolute Gasteiger partial charge is 0.315 e. The summed E-state index contributed by atoms with van der Waals surface area (Å²) in [5, 5.41) is 9.33. The SMILES string of the molecule is COC(=O)C(C)(C)c1ccc2c(c1)N(CCCO)c1ccccc1CO2. The van der Waals surface area contributed by atoms with Crippen LogP contribution in [0.4, 0.5) is 11.4 Å². The number of nitrogens with zero attached hydrogens (tertiary/aromatic N) is 1. The number of fused-ring (bicyclic) bond motifs is 2. The topological polar surface area (TPSA) is 59.0 Å². The van der Waals surface area contributed by atoms with Crippen LogP contribution >= 0.6 is 0 Å². The van der Waals surface area contributed by atoms with Crippen molar-refractivity contribution in [1.29, 1.82) is 0 Å². The van der Waals surface area contributed by atoms with Gasteiger partial charge in [0.15, 0.2) is 0 Å². The fraction of sp³-hybridized carbons (Fsp3) is 0.381. The molecule has 1 aliphatic heterocycles. The molecule has 1 aliphatic rings. The fourth-order valence-corrected chi connectivity index (χ4v) is 3.26. The molecule has 5 nitrogen and oxygen atoms in total. The Balaban J connectivity index is 2.11. The molecule has 5 heteroatoms. The molecule has 0 spiro atoms. The highest BCUT2D eigenvalue weighted by Crippen LogP contribution is 2.42. The summed E-state index contributed by atoms with van der Waals surface area (Å²) in [7, 11) is 1.40. The zero-order valence-electron chi connectivity index (χ0n) is 15.5. The van der Waals surface area contributed by atoms with Gasteiger partial charge in [0.05, 0.1) is 18.2 Å². The van der Waals surface area contributed by atoms with Gasteiger partial charge in [0, 0.05) is 24.4 Å². The molecular weight excluding hydrogens is 330 g/mol. The number of para-hydroxylation sites is 1. The number of hydrogen-bond donors (Lipinski definition) is 1. The van der Waals surface area contributed by atoms with Crippen LogP contribution in [-0.2, 0) is 21.6 Å². The lowest BCUT2D eigenvalue weighted by Crippen LogP contribution is -2.30. The molecule has 2 aromatic carbocycles. The molecule has 2 aromatic rings. The number of ether oxygens (including phenoxy) is 2. The van der Waals surface area contributed by atoms with E-state index in [0.29, 0.717) is 19.6 Å². The first-order valence-electron chi connectivity index (χ1n) is 8.81. The molecule has 138 valence electrons. The van der Waals surface area contributed by atoms with Crippen LogP contribution in [0.3, 0.4) is 0 Å². The van der Waals surface area contributed by atoms with E-state index in [9.17, 15) is 9.90 Å². The first kappa shape index (κ1) is 18.3. The van der Waals surface area contributed by atoms with Gasteiger partial charge >= 0.3 is 5.97 Å². The average Bonchev–Trinajstić information content (AvgIpc) is 2.82. The molecule has 0 fully saturated rings. The number of aliphatic hydroxyl groups excluding tert-OH is 1. The van der Waals surface area contributed by atoms with E-state index in [1.54, 1.807) is 0 Å². The van der Waals surface area contributed by atoms with Gasteiger partial charge in [-0.25, -0.2) is 0 Å². The lowest BCUT2D eigenvalue weighted by Gasteiger charge is -2.28. The Hall–Kier alpha value is -2.53. The number of carbonyl (C=O) groups excluding carboxylic acids is 1. The van der Waals surface area contributed by atoms with E-state index in [-0.39, 0.29) is 12.6 Å². The fourth-order valence-electron chi connectivity index (χ4n) is 3.26. The van der Waals surface area contributed by atoms with E-state index < -0.39 is 5.41 Å². The highest BCUT2D eigenvalue weighted by atomic mass is 16.5. The summed E-state index contributed by atoms with van der Waals surface area (Å²) in [5.41, 5.74) is 3.15. The summed E-state index contributed by atoms with van der Waals surface area (Å²) in [4.78, 5) is 14.4. The molecule has 0 bridgehead atoms. The van der Waals surface area contributed by atoms with Crippen molar-refractivity contribution in [2.45, 2.75) is 32.3 Å². The lowest BCUT2D eigenvalue weighted by molar-refractivity contribution is -0.146. The number of hydrogen-bond acceptors (Lipinski definition) is 5. The maximum Gasteiger partial charge on any atom is 0.315 e. The maximum absolute atomic E-state index is 12.2. The van der Waals surface area contributed by atoms with Crippen molar-refractivity contribution >= 4 is 17.3 Å². The Morgan fingerprint density at radius 3 is 2.73 bits per heavy atom. The Bertz CT molecular complexity index is 800. The van der Waals surface area contributed by atoms with Crippen molar-refractivity contribution in [2.24, 2.45) is 0 Å². The lowest BCUT2D eigenvalue weighted by atomic mass is 9.84. The van der Waals surface area contributed by atoms with Crippen LogP contribution in [0, 0.1) is 0 Å². The second kappa shape index (κ2) is 7.38. The third-order valence-corrected chi connectivity index (χ3v) is 4.87. The van der Waals surface area contributed by atoms with Gasteiger partial charge in [0.25, 0.3) is 0 Å². The van der Waals surface area contributed by atoms with Gasteiger partial charge in [-0.3, -0.25) is 4.79 Å². The summed E-state index contributed by atoms with van der Waals surface area (Å²) in [5.74, 6) is 0.484. The molecule has 1 N–H and O–H groups in total. The van der Waals surface area contributed by atoms with Gasteiger partial charge in [0.2, 0.25) is 0 Å². The molecule has 1 heterocycles. The molecule has 0 atom stereocenters. The first-order valence-corrected chi connectivity index (χ1v) is 8.81. The van der Waals surface area contributed by atoms with Crippen molar-refractivity contribution in [1.82, 2.24) is 0 Å². The van der Waals surface area contributed by atoms with E-state index in [0.717, 1.165) is 28.3 Å². The predicted octanol–water partition coefficient (Wildman–Crippen LogP) is 3.55. The molecule has 0 saturated heterocycles. The van der Waals surface area contributed by atoms with E-state index in [4.69, 9.17) is 9.47 Å². The monoisotopic (exact) mass is 355 g/mol. The summed E-state index contributed by atoms with van der Waals surface area (Å²) in [6, 6.07) is 13.9. The zero-order valence-corrected chi connectivity index (χ0v) is 15.5. The first-order chi connectivity index (χ1) is 12.5. The second-order valence-electron chi connectivity index (χ2n) is 6.95. The van der Waals surface area contributed by atoms with Gasteiger partial charge in [-0.1, -0.05) is 24.3 Å². The van der Waals surface area contributed by atoms with Crippen LogP contribution < -0.4 is 9.64 Å². The van der Waals surface area contributed by atoms with Gasteiger partial charge in [-0.2, -0.15) is 0 Å². The standard InChI is InChI=1S/C21H25NO4/c1-21(2,20(24)25-3)16-9-10-19-18(13-16)22(11-6-12-23)17-8-5-4-7-15(17)14-26-19/h4-5,7-10,13,23H,6,11-12,14H2,1-3H3. The van der Waals surface area contributed by atoms with Crippen molar-refractivity contribution in [3.8, 4) is 5.75 Å². The number of carbonyl (C=O) groups is 1. The third-order valence-electron chi connectivity index (χ3n) is 4.87. The number of esters is 1. The Morgan fingerprint density at radius 1 is 1.23 bits per heavy atom. The highest BCUT2D eigenvalue weighted by Gasteiger charge is 2.32. The molecular formula is C21H25NO4. The maximum atomic E-state index is 12.2. The highest BCUT2D eigenvalue weighted by molar-refractivity contribution is 5.83. The molecule has 0 amide bonds. The predicted molar refractivity (Wildman–Crippen MR) is 101 cm³/mol. The van der Waals surface area contributed by atoms with Crippen molar-refractivity contribution < 1.29 is 19.4 Å². The minimum atomic E-state index is -0.766. The minimum Gasteiger partial charge on any atom is -0.487 e. The normalized spacial score (nSPS) is 13.3. The summed E-state index contributed by atoms with van der Waals surface area (Å²) in [6.45, 7) is 4.96. The van der Waals surface area contributed by atoms with Crippen molar-refractivity contribution in [3.05, 3.63) is 53.6 Å². The van der Waals surface area contributed by atoms with Gasteiger partial charge in [-0.05, 0) is 44.0 Å². The largest absolute Gasteiger partial charge is 0.487 e. The summed E-state index contributed by atoms with van der Waals surface area (Å²) >= 11 is 0. The molecule has 0 aliphatic carbocycles. The van der Waals surface area contributed by atoms with Crippen LogP contribution in [0.5, 0.6) is 5.75 Å². The molecule has 0 unspecified atom stereocenters. The molecule has 3 rings (SSSR count).